The molecule has 0 saturated carbocycles. The van der Waals surface area contributed by atoms with Crippen LogP contribution in [0.4, 0.5) is 4.79 Å². The lowest BCUT2D eigenvalue weighted by Gasteiger charge is -2.25. The van der Waals surface area contributed by atoms with Gasteiger partial charge in [0, 0.05) is 17.3 Å². The first kappa shape index (κ1) is 19.4. The summed E-state index contributed by atoms with van der Waals surface area (Å²) in [6.45, 7) is 2.60. The first-order valence-electron chi connectivity index (χ1n) is 9.25. The molecule has 2 N–H and O–H groups in total. The van der Waals surface area contributed by atoms with E-state index < -0.39 is 0 Å². The summed E-state index contributed by atoms with van der Waals surface area (Å²) >= 11 is 1.78. The lowest BCUT2D eigenvalue weighted by molar-refractivity contribution is 0.229. The first-order valence-corrected chi connectivity index (χ1v) is 10.1. The van der Waals surface area contributed by atoms with Gasteiger partial charge in [0.05, 0.1) is 6.04 Å². The van der Waals surface area contributed by atoms with Crippen molar-refractivity contribution in [3.8, 4) is 0 Å². The van der Waals surface area contributed by atoms with Crippen molar-refractivity contribution in [2.24, 2.45) is 0 Å². The van der Waals surface area contributed by atoms with Crippen LogP contribution in [0.25, 0.3) is 10.1 Å². The molecule has 0 saturated heterocycles. The SMILES string of the molecule is C[C@H](NC(=O)NC[C@H](Cc1csc2ccccc12)N(C)C)c1ccccc1. The van der Waals surface area contributed by atoms with Gasteiger partial charge in [0.2, 0.25) is 0 Å². The normalized spacial score (nSPS) is 13.5. The highest BCUT2D eigenvalue weighted by molar-refractivity contribution is 7.17. The minimum Gasteiger partial charge on any atom is -0.337 e. The molecule has 0 radical (unpaired) electrons. The van der Waals surface area contributed by atoms with Gasteiger partial charge in [-0.3, -0.25) is 0 Å². The zero-order valence-corrected chi connectivity index (χ0v) is 16.9. The van der Waals surface area contributed by atoms with Gasteiger partial charge in [-0.2, -0.15) is 0 Å². The van der Waals surface area contributed by atoms with E-state index in [0.717, 1.165) is 12.0 Å². The third-order valence-electron chi connectivity index (χ3n) is 4.89. The lowest BCUT2D eigenvalue weighted by atomic mass is 10.0. The average Bonchev–Trinajstić information content (AvgIpc) is 3.08. The number of nitrogens with zero attached hydrogens (tertiary/aromatic N) is 1. The van der Waals surface area contributed by atoms with Gasteiger partial charge in [0.25, 0.3) is 0 Å². The summed E-state index contributed by atoms with van der Waals surface area (Å²) in [6, 6.07) is 18.6. The number of hydrogen-bond donors (Lipinski definition) is 2. The van der Waals surface area contributed by atoms with Crippen molar-refractivity contribution in [1.29, 1.82) is 0 Å². The quantitative estimate of drug-likeness (QED) is 0.636. The summed E-state index contributed by atoms with van der Waals surface area (Å²) < 4.78 is 1.31. The van der Waals surface area contributed by atoms with Crippen molar-refractivity contribution in [2.45, 2.75) is 25.4 Å². The van der Waals surface area contributed by atoms with Gasteiger partial charge < -0.3 is 15.5 Å². The second kappa shape index (κ2) is 9.02. The molecule has 2 aromatic carbocycles. The molecule has 3 rings (SSSR count). The van der Waals surface area contributed by atoms with E-state index in [4.69, 9.17) is 0 Å². The molecule has 4 nitrogen and oxygen atoms in total. The highest BCUT2D eigenvalue weighted by Gasteiger charge is 2.17. The van der Waals surface area contributed by atoms with Crippen LogP contribution >= 0.6 is 11.3 Å². The molecule has 0 aliphatic heterocycles. The second-order valence-corrected chi connectivity index (χ2v) is 7.98. The van der Waals surface area contributed by atoms with E-state index >= 15 is 0 Å². The molecule has 0 spiro atoms. The Hall–Kier alpha value is -2.37. The predicted octanol–water partition coefficient (Wildman–Crippen LogP) is 4.43. The summed E-state index contributed by atoms with van der Waals surface area (Å²) in [6.07, 6.45) is 0.908. The summed E-state index contributed by atoms with van der Waals surface area (Å²) in [7, 11) is 4.12. The Labute approximate surface area is 165 Å². The highest BCUT2D eigenvalue weighted by atomic mass is 32.1. The van der Waals surface area contributed by atoms with E-state index in [1.807, 2.05) is 37.3 Å². The predicted molar refractivity (Wildman–Crippen MR) is 114 cm³/mol. The van der Waals surface area contributed by atoms with Crippen LogP contribution in [0.5, 0.6) is 0 Å². The van der Waals surface area contributed by atoms with Crippen molar-refractivity contribution in [1.82, 2.24) is 15.5 Å². The number of thiophene rings is 1. The fourth-order valence-corrected chi connectivity index (χ4v) is 4.14. The van der Waals surface area contributed by atoms with Gasteiger partial charge in [0.1, 0.15) is 0 Å². The van der Waals surface area contributed by atoms with Crippen LogP contribution in [0.1, 0.15) is 24.1 Å². The number of rotatable bonds is 7. The second-order valence-electron chi connectivity index (χ2n) is 7.07. The van der Waals surface area contributed by atoms with Crippen LogP contribution in [0.15, 0.2) is 60.0 Å². The molecule has 3 aromatic rings. The van der Waals surface area contributed by atoms with Crippen LogP contribution < -0.4 is 10.6 Å². The number of urea groups is 1. The van der Waals surface area contributed by atoms with E-state index in [-0.39, 0.29) is 18.1 Å². The van der Waals surface area contributed by atoms with Crippen LogP contribution in [0, 0.1) is 0 Å². The summed E-state index contributed by atoms with van der Waals surface area (Å²) in [5, 5.41) is 9.60. The van der Waals surface area contributed by atoms with E-state index in [2.05, 4.69) is 59.3 Å². The zero-order chi connectivity index (χ0) is 19.2. The third-order valence-corrected chi connectivity index (χ3v) is 5.90. The summed E-state index contributed by atoms with van der Waals surface area (Å²) in [5.41, 5.74) is 2.44. The van der Waals surface area contributed by atoms with Crippen LogP contribution in [0.2, 0.25) is 0 Å². The van der Waals surface area contributed by atoms with Crippen molar-refractivity contribution < 1.29 is 4.79 Å². The Morgan fingerprint density at radius 1 is 1.07 bits per heavy atom. The van der Waals surface area contributed by atoms with Crippen molar-refractivity contribution in [2.75, 3.05) is 20.6 Å². The number of carbonyl (C=O) groups excluding carboxylic acids is 1. The lowest BCUT2D eigenvalue weighted by Crippen LogP contribution is -2.45. The molecule has 2 amide bonds. The average molecular weight is 382 g/mol. The molecule has 1 heterocycles. The monoisotopic (exact) mass is 381 g/mol. The Morgan fingerprint density at radius 3 is 2.52 bits per heavy atom. The summed E-state index contributed by atoms with van der Waals surface area (Å²) in [5.74, 6) is 0. The molecule has 5 heteroatoms. The molecule has 0 unspecified atom stereocenters. The molecular formula is C22H27N3OS. The number of amides is 2. The van der Waals surface area contributed by atoms with Crippen molar-refractivity contribution in [3.05, 3.63) is 71.1 Å². The molecule has 0 fully saturated rings. The van der Waals surface area contributed by atoms with Crippen LogP contribution in [0.3, 0.4) is 0 Å². The maximum Gasteiger partial charge on any atom is 0.315 e. The minimum atomic E-state index is -0.131. The fourth-order valence-electron chi connectivity index (χ4n) is 3.17. The smallest absolute Gasteiger partial charge is 0.315 e. The Morgan fingerprint density at radius 2 is 1.78 bits per heavy atom. The topological polar surface area (TPSA) is 44.4 Å². The molecule has 142 valence electrons. The van der Waals surface area contributed by atoms with Gasteiger partial charge in [0.15, 0.2) is 0 Å². The molecule has 1 aromatic heterocycles. The number of hydrogen-bond acceptors (Lipinski definition) is 3. The standard InChI is InChI=1S/C22H27N3OS/c1-16(17-9-5-4-6-10-17)24-22(26)23-14-19(25(2)3)13-18-15-27-21-12-8-7-11-20(18)21/h4-12,15-16,19H,13-14H2,1-3H3,(H2,23,24,26)/t16-,19-/m0/s1. The summed E-state index contributed by atoms with van der Waals surface area (Å²) in [4.78, 5) is 14.5. The first-order chi connectivity index (χ1) is 13.0. The largest absolute Gasteiger partial charge is 0.337 e. The molecular weight excluding hydrogens is 354 g/mol. The Bertz CT molecular complexity index is 875. The Kier molecular flexibility index (Phi) is 6.48. The highest BCUT2D eigenvalue weighted by Crippen LogP contribution is 2.27. The van der Waals surface area contributed by atoms with Crippen LogP contribution in [-0.2, 0) is 6.42 Å². The van der Waals surface area contributed by atoms with Gasteiger partial charge in [-0.15, -0.1) is 11.3 Å². The minimum absolute atomic E-state index is 0.0233. The van der Waals surface area contributed by atoms with E-state index in [9.17, 15) is 4.79 Å². The van der Waals surface area contributed by atoms with Crippen molar-refractivity contribution >= 4 is 27.5 Å². The van der Waals surface area contributed by atoms with Gasteiger partial charge >= 0.3 is 6.03 Å². The number of fused-ring (bicyclic) bond motifs is 1. The number of carbonyl (C=O) groups is 1. The van der Waals surface area contributed by atoms with E-state index in [0.29, 0.717) is 6.54 Å². The molecule has 2 atom stereocenters. The van der Waals surface area contributed by atoms with Gasteiger partial charge in [-0.05, 0) is 55.4 Å². The maximum atomic E-state index is 12.3. The van der Waals surface area contributed by atoms with Gasteiger partial charge in [-0.25, -0.2) is 4.79 Å². The van der Waals surface area contributed by atoms with E-state index in [1.165, 1.54) is 15.6 Å². The zero-order valence-electron chi connectivity index (χ0n) is 16.1. The number of benzene rings is 2. The fraction of sp³-hybridized carbons (Fsp3) is 0.318. The maximum absolute atomic E-state index is 12.3. The Balaban J connectivity index is 1.57. The van der Waals surface area contributed by atoms with Crippen LogP contribution in [-0.4, -0.2) is 37.6 Å². The number of likely N-dealkylation sites (N-methyl/N-ethyl adjacent to an activating group) is 1. The molecule has 0 aliphatic carbocycles. The molecule has 0 bridgehead atoms. The van der Waals surface area contributed by atoms with Gasteiger partial charge in [-0.1, -0.05) is 48.5 Å². The number of nitrogens with one attached hydrogen (secondary N) is 2. The van der Waals surface area contributed by atoms with E-state index in [1.54, 1.807) is 11.3 Å². The third kappa shape index (κ3) is 5.08. The molecule has 27 heavy (non-hydrogen) atoms. The molecule has 0 aliphatic rings. The van der Waals surface area contributed by atoms with Crippen molar-refractivity contribution in [3.63, 3.8) is 0 Å².